The third kappa shape index (κ3) is 3.57. The van der Waals surface area contributed by atoms with Crippen molar-refractivity contribution in [3.63, 3.8) is 0 Å². The van der Waals surface area contributed by atoms with Crippen molar-refractivity contribution in [3.8, 4) is 11.5 Å². The Morgan fingerprint density at radius 1 is 1.53 bits per heavy atom. The molecule has 1 rings (SSSR count). The molecule has 1 aromatic rings. The molecule has 3 nitrogen and oxygen atoms in total. The molecule has 0 spiro atoms. The molecule has 1 aromatic carbocycles. The normalized spacial score (nSPS) is 9.80. The fraction of sp³-hybridized carbons (Fsp3) is 0.273. The van der Waals surface area contributed by atoms with E-state index >= 15 is 0 Å². The number of methoxy groups -OCH3 is 1. The van der Waals surface area contributed by atoms with Crippen LogP contribution in [0.1, 0.15) is 5.56 Å². The van der Waals surface area contributed by atoms with Gasteiger partial charge in [-0.2, -0.15) is 0 Å². The Bertz CT molecular complexity index is 350. The quantitative estimate of drug-likeness (QED) is 0.895. The Kier molecular flexibility index (Phi) is 4.65. The maximum Gasteiger partial charge on any atom is 0.129 e. The van der Waals surface area contributed by atoms with Gasteiger partial charge in [0.25, 0.3) is 0 Å². The fourth-order valence-electron chi connectivity index (χ4n) is 1.08. The third-order valence-corrected chi connectivity index (χ3v) is 2.06. The minimum atomic E-state index is -0.0614. The molecule has 0 radical (unpaired) electrons. The van der Waals surface area contributed by atoms with Crippen LogP contribution in [0.5, 0.6) is 11.5 Å². The van der Waals surface area contributed by atoms with Crippen LogP contribution in [0, 0.1) is 0 Å². The lowest BCUT2D eigenvalue weighted by molar-refractivity contribution is 0.269. The molecule has 0 fully saturated rings. The van der Waals surface area contributed by atoms with Crippen molar-refractivity contribution in [1.82, 2.24) is 0 Å². The molecular weight excluding hydrogens is 260 g/mol. The van der Waals surface area contributed by atoms with Gasteiger partial charge in [-0.15, -0.1) is 0 Å². The fourth-order valence-corrected chi connectivity index (χ4v) is 1.20. The summed E-state index contributed by atoms with van der Waals surface area (Å²) in [4.78, 5) is 0. The predicted molar refractivity (Wildman–Crippen MR) is 62.5 cm³/mol. The predicted octanol–water partition coefficient (Wildman–Crippen LogP) is 2.47. The number of aliphatic hydroxyl groups is 1. The van der Waals surface area contributed by atoms with Gasteiger partial charge in [-0.3, -0.25) is 0 Å². The van der Waals surface area contributed by atoms with Crippen molar-refractivity contribution in [2.75, 3.05) is 13.7 Å². The molecule has 0 aliphatic heterocycles. The maximum absolute atomic E-state index is 9.09. The molecular formula is C11H13BrO3. The molecule has 82 valence electrons. The monoisotopic (exact) mass is 272 g/mol. The summed E-state index contributed by atoms with van der Waals surface area (Å²) in [6, 6.07) is 5.29. The summed E-state index contributed by atoms with van der Waals surface area (Å²) in [6.07, 6.45) is 0. The zero-order valence-electron chi connectivity index (χ0n) is 8.50. The zero-order chi connectivity index (χ0) is 11.3. The van der Waals surface area contributed by atoms with Crippen molar-refractivity contribution in [2.45, 2.75) is 6.61 Å². The smallest absolute Gasteiger partial charge is 0.129 e. The van der Waals surface area contributed by atoms with Crippen molar-refractivity contribution < 1.29 is 14.6 Å². The first kappa shape index (κ1) is 12.1. The minimum absolute atomic E-state index is 0.0614. The summed E-state index contributed by atoms with van der Waals surface area (Å²) in [5.41, 5.74) is 0.726. The highest BCUT2D eigenvalue weighted by molar-refractivity contribution is 9.11. The van der Waals surface area contributed by atoms with Crippen LogP contribution in [0.25, 0.3) is 0 Å². The van der Waals surface area contributed by atoms with Crippen LogP contribution in [0.3, 0.4) is 0 Å². The van der Waals surface area contributed by atoms with Crippen LogP contribution in [0.4, 0.5) is 0 Å². The number of rotatable bonds is 5. The van der Waals surface area contributed by atoms with E-state index in [0.29, 0.717) is 18.1 Å². The van der Waals surface area contributed by atoms with Gasteiger partial charge in [-0.1, -0.05) is 22.5 Å². The summed E-state index contributed by atoms with van der Waals surface area (Å²) in [5, 5.41) is 9.09. The van der Waals surface area contributed by atoms with E-state index in [1.807, 2.05) is 0 Å². The summed E-state index contributed by atoms with van der Waals surface area (Å²) >= 11 is 3.20. The molecule has 0 aromatic heterocycles. The van der Waals surface area contributed by atoms with Crippen LogP contribution in [-0.2, 0) is 6.61 Å². The highest BCUT2D eigenvalue weighted by atomic mass is 79.9. The Labute approximate surface area is 97.5 Å². The first-order valence-electron chi connectivity index (χ1n) is 4.41. The first-order chi connectivity index (χ1) is 7.17. The molecule has 0 atom stereocenters. The van der Waals surface area contributed by atoms with Crippen molar-refractivity contribution in [2.24, 2.45) is 0 Å². The van der Waals surface area contributed by atoms with Gasteiger partial charge in [0.05, 0.1) is 13.7 Å². The van der Waals surface area contributed by atoms with Crippen LogP contribution in [0.2, 0.25) is 0 Å². The van der Waals surface area contributed by atoms with Crippen LogP contribution < -0.4 is 9.47 Å². The van der Waals surface area contributed by atoms with Crippen molar-refractivity contribution in [3.05, 3.63) is 34.8 Å². The second-order valence-corrected chi connectivity index (χ2v) is 4.06. The van der Waals surface area contributed by atoms with Gasteiger partial charge in [-0.25, -0.2) is 0 Å². The number of ether oxygens (including phenoxy) is 2. The molecule has 1 N–H and O–H groups in total. The summed E-state index contributed by atoms with van der Waals surface area (Å²) in [7, 11) is 1.58. The van der Waals surface area contributed by atoms with Crippen molar-refractivity contribution in [1.29, 1.82) is 0 Å². The Morgan fingerprint density at radius 3 is 2.80 bits per heavy atom. The second-order valence-electron chi connectivity index (χ2n) is 2.94. The van der Waals surface area contributed by atoms with Gasteiger partial charge in [-0.05, 0) is 12.1 Å². The van der Waals surface area contributed by atoms with E-state index in [9.17, 15) is 0 Å². The lowest BCUT2D eigenvalue weighted by Crippen LogP contribution is -2.00. The van der Waals surface area contributed by atoms with E-state index in [1.54, 1.807) is 25.3 Å². The summed E-state index contributed by atoms with van der Waals surface area (Å²) < 4.78 is 11.3. The summed E-state index contributed by atoms with van der Waals surface area (Å²) in [6.45, 7) is 3.97. The van der Waals surface area contributed by atoms with E-state index in [-0.39, 0.29) is 6.61 Å². The molecule has 0 aliphatic carbocycles. The number of benzene rings is 1. The SMILES string of the molecule is C=C(Br)COc1cc(OC)ccc1CO. The van der Waals surface area contributed by atoms with Gasteiger partial charge < -0.3 is 14.6 Å². The van der Waals surface area contributed by atoms with E-state index in [1.165, 1.54) is 0 Å². The highest BCUT2D eigenvalue weighted by Crippen LogP contribution is 2.25. The van der Waals surface area contributed by atoms with E-state index in [2.05, 4.69) is 22.5 Å². The van der Waals surface area contributed by atoms with E-state index in [0.717, 1.165) is 10.0 Å². The summed E-state index contributed by atoms with van der Waals surface area (Å²) in [5.74, 6) is 1.31. The standard InChI is InChI=1S/C11H13BrO3/c1-8(12)7-15-11-5-10(14-2)4-3-9(11)6-13/h3-5,13H,1,6-7H2,2H3. The number of hydrogen-bond acceptors (Lipinski definition) is 3. The van der Waals surface area contributed by atoms with Gasteiger partial charge in [0.1, 0.15) is 18.1 Å². The van der Waals surface area contributed by atoms with Crippen LogP contribution in [0.15, 0.2) is 29.3 Å². The lowest BCUT2D eigenvalue weighted by atomic mass is 10.2. The van der Waals surface area contributed by atoms with Crippen LogP contribution in [-0.4, -0.2) is 18.8 Å². The minimum Gasteiger partial charge on any atom is -0.497 e. The molecule has 0 amide bonds. The average Bonchev–Trinajstić information content (AvgIpc) is 2.25. The lowest BCUT2D eigenvalue weighted by Gasteiger charge is -2.10. The van der Waals surface area contributed by atoms with Gasteiger partial charge in [0.2, 0.25) is 0 Å². The van der Waals surface area contributed by atoms with E-state index < -0.39 is 0 Å². The molecule has 15 heavy (non-hydrogen) atoms. The molecule has 0 saturated carbocycles. The highest BCUT2D eigenvalue weighted by Gasteiger charge is 2.05. The Balaban J connectivity index is 2.85. The number of hydrogen-bond donors (Lipinski definition) is 1. The maximum atomic E-state index is 9.09. The van der Waals surface area contributed by atoms with Gasteiger partial charge >= 0.3 is 0 Å². The Hall–Kier alpha value is -1.00. The van der Waals surface area contributed by atoms with E-state index in [4.69, 9.17) is 14.6 Å². The molecule has 4 heteroatoms. The molecule has 0 heterocycles. The average molecular weight is 273 g/mol. The molecule has 0 saturated heterocycles. The molecule has 0 bridgehead atoms. The van der Waals surface area contributed by atoms with Gasteiger partial charge in [0.15, 0.2) is 0 Å². The zero-order valence-corrected chi connectivity index (χ0v) is 10.1. The molecule has 0 unspecified atom stereocenters. The third-order valence-electron chi connectivity index (χ3n) is 1.83. The topological polar surface area (TPSA) is 38.7 Å². The van der Waals surface area contributed by atoms with Gasteiger partial charge in [0, 0.05) is 16.1 Å². The number of aliphatic hydroxyl groups excluding tert-OH is 1. The second kappa shape index (κ2) is 5.78. The first-order valence-corrected chi connectivity index (χ1v) is 5.20. The molecule has 0 aliphatic rings. The largest absolute Gasteiger partial charge is 0.497 e. The Morgan fingerprint density at radius 2 is 2.27 bits per heavy atom. The number of halogens is 1. The van der Waals surface area contributed by atoms with Crippen LogP contribution >= 0.6 is 15.9 Å². The van der Waals surface area contributed by atoms with Crippen molar-refractivity contribution >= 4 is 15.9 Å².